The van der Waals surface area contributed by atoms with Crippen LogP contribution >= 0.6 is 27.5 Å². The number of hydrogen-bond acceptors (Lipinski definition) is 6. The number of hydrazone groups is 1. The van der Waals surface area contributed by atoms with Crippen LogP contribution < -0.4 is 19.6 Å². The average Bonchev–Trinajstić information content (AvgIpc) is 2.80. The molecule has 0 spiro atoms. The molecule has 3 aromatic carbocycles. The fraction of sp³-hybridized carbons (Fsp3) is 0.0870. The lowest BCUT2D eigenvalue weighted by atomic mass is 10.2. The molecule has 0 atom stereocenters. The molecule has 0 unspecified atom stereocenters. The maximum absolute atomic E-state index is 12.4. The maximum atomic E-state index is 12.4. The first-order valence-electron chi connectivity index (χ1n) is 9.24. The van der Waals surface area contributed by atoms with E-state index in [1.807, 2.05) is 0 Å². The average molecular weight is 518 g/mol. The molecule has 164 valence electrons. The van der Waals surface area contributed by atoms with Gasteiger partial charge in [0.05, 0.1) is 26.0 Å². The summed E-state index contributed by atoms with van der Waals surface area (Å²) in [6.07, 6.45) is 1.38. The quantitative estimate of drug-likeness (QED) is 0.204. The van der Waals surface area contributed by atoms with Crippen LogP contribution in [0.2, 0.25) is 5.02 Å². The SMILES string of the molecule is COc1ccc(C(=O)NN=Cc2cc(Br)ccc2OC(=O)c2ccc(Cl)cc2)cc1OC. The third-order valence-electron chi connectivity index (χ3n) is 4.27. The molecule has 0 aliphatic rings. The van der Waals surface area contributed by atoms with Crippen LogP contribution in [0.3, 0.4) is 0 Å². The summed E-state index contributed by atoms with van der Waals surface area (Å²) < 4.78 is 16.6. The number of carbonyl (C=O) groups is 2. The number of rotatable bonds is 7. The standard InChI is InChI=1S/C23H18BrClN2O5/c1-30-20-9-5-15(12-21(20)31-2)22(28)27-26-13-16-11-17(24)6-10-19(16)32-23(29)14-3-7-18(25)8-4-14/h3-13H,1-2H3,(H,27,28). The fourth-order valence-electron chi connectivity index (χ4n) is 2.66. The molecule has 0 saturated carbocycles. The Morgan fingerprint density at radius 2 is 1.56 bits per heavy atom. The number of amides is 1. The molecule has 3 aromatic rings. The third-order valence-corrected chi connectivity index (χ3v) is 5.02. The molecule has 0 radical (unpaired) electrons. The monoisotopic (exact) mass is 516 g/mol. The van der Waals surface area contributed by atoms with Gasteiger partial charge in [0, 0.05) is 20.6 Å². The van der Waals surface area contributed by atoms with Crippen molar-refractivity contribution in [3.63, 3.8) is 0 Å². The van der Waals surface area contributed by atoms with Crippen molar-refractivity contribution in [3.05, 3.63) is 86.8 Å². The molecule has 0 heterocycles. The van der Waals surface area contributed by atoms with Crippen molar-refractivity contribution in [3.8, 4) is 17.2 Å². The van der Waals surface area contributed by atoms with E-state index < -0.39 is 11.9 Å². The summed E-state index contributed by atoms with van der Waals surface area (Å²) in [5.74, 6) is 0.212. The Morgan fingerprint density at radius 3 is 2.25 bits per heavy atom. The van der Waals surface area contributed by atoms with Gasteiger partial charge in [-0.3, -0.25) is 4.79 Å². The van der Waals surface area contributed by atoms with Gasteiger partial charge < -0.3 is 14.2 Å². The molecule has 3 rings (SSSR count). The maximum Gasteiger partial charge on any atom is 0.343 e. The number of carbonyl (C=O) groups excluding carboxylic acids is 2. The fourth-order valence-corrected chi connectivity index (χ4v) is 3.17. The number of nitrogens with one attached hydrogen (secondary N) is 1. The second-order valence-corrected chi connectivity index (χ2v) is 7.70. The minimum absolute atomic E-state index is 0.275. The summed E-state index contributed by atoms with van der Waals surface area (Å²) >= 11 is 9.23. The number of hydrogen-bond donors (Lipinski definition) is 1. The number of methoxy groups -OCH3 is 2. The minimum Gasteiger partial charge on any atom is -0.493 e. The highest BCUT2D eigenvalue weighted by Crippen LogP contribution is 2.27. The Labute approximate surface area is 198 Å². The van der Waals surface area contributed by atoms with Crippen LogP contribution in [0.5, 0.6) is 17.2 Å². The lowest BCUT2D eigenvalue weighted by molar-refractivity contribution is 0.0734. The van der Waals surface area contributed by atoms with Crippen molar-refractivity contribution < 1.29 is 23.8 Å². The van der Waals surface area contributed by atoms with Crippen LogP contribution in [0.15, 0.2) is 70.2 Å². The number of benzene rings is 3. The van der Waals surface area contributed by atoms with Crippen LogP contribution in [-0.4, -0.2) is 32.3 Å². The predicted molar refractivity (Wildman–Crippen MR) is 125 cm³/mol. The number of esters is 1. The van der Waals surface area contributed by atoms with E-state index in [0.29, 0.717) is 33.2 Å². The summed E-state index contributed by atoms with van der Waals surface area (Å²) in [5.41, 5.74) is 3.60. The van der Waals surface area contributed by atoms with Gasteiger partial charge in [-0.25, -0.2) is 10.2 Å². The molecule has 0 aliphatic heterocycles. The Hall–Kier alpha value is -3.36. The summed E-state index contributed by atoms with van der Waals surface area (Å²) in [4.78, 5) is 24.8. The third kappa shape index (κ3) is 5.87. The van der Waals surface area contributed by atoms with E-state index in [4.69, 9.17) is 25.8 Å². The van der Waals surface area contributed by atoms with E-state index in [-0.39, 0.29) is 5.75 Å². The summed E-state index contributed by atoms with van der Waals surface area (Å²) in [6, 6.07) is 16.2. The Morgan fingerprint density at radius 1 is 0.906 bits per heavy atom. The van der Waals surface area contributed by atoms with Crippen LogP contribution in [0, 0.1) is 0 Å². The summed E-state index contributed by atoms with van der Waals surface area (Å²) in [5, 5.41) is 4.50. The molecule has 0 fully saturated rings. The molecular weight excluding hydrogens is 500 g/mol. The van der Waals surface area contributed by atoms with E-state index in [9.17, 15) is 9.59 Å². The highest BCUT2D eigenvalue weighted by atomic mass is 79.9. The second kappa shape index (κ2) is 10.8. The molecule has 32 heavy (non-hydrogen) atoms. The molecule has 9 heteroatoms. The van der Waals surface area contributed by atoms with Gasteiger partial charge in [-0.15, -0.1) is 0 Å². The van der Waals surface area contributed by atoms with Crippen molar-refractivity contribution in [1.29, 1.82) is 0 Å². The van der Waals surface area contributed by atoms with Crippen molar-refractivity contribution in [2.45, 2.75) is 0 Å². The van der Waals surface area contributed by atoms with Crippen LogP contribution in [-0.2, 0) is 0 Å². The lowest BCUT2D eigenvalue weighted by Crippen LogP contribution is -2.18. The molecule has 1 N–H and O–H groups in total. The van der Waals surface area contributed by atoms with Crippen molar-refractivity contribution >= 4 is 45.6 Å². The van der Waals surface area contributed by atoms with Gasteiger partial charge in [0.15, 0.2) is 11.5 Å². The molecule has 0 aliphatic carbocycles. The van der Waals surface area contributed by atoms with Crippen LogP contribution in [0.1, 0.15) is 26.3 Å². The van der Waals surface area contributed by atoms with Crippen molar-refractivity contribution in [1.82, 2.24) is 5.43 Å². The lowest BCUT2D eigenvalue weighted by Gasteiger charge is -2.09. The van der Waals surface area contributed by atoms with Gasteiger partial charge in [-0.2, -0.15) is 5.10 Å². The molecule has 7 nitrogen and oxygen atoms in total. The molecule has 0 bridgehead atoms. The minimum atomic E-state index is -0.548. The summed E-state index contributed by atoms with van der Waals surface area (Å²) in [6.45, 7) is 0. The first-order valence-corrected chi connectivity index (χ1v) is 10.4. The van der Waals surface area contributed by atoms with Gasteiger partial charge in [-0.1, -0.05) is 27.5 Å². The first-order chi connectivity index (χ1) is 15.4. The topological polar surface area (TPSA) is 86.2 Å². The van der Waals surface area contributed by atoms with Gasteiger partial charge in [0.2, 0.25) is 0 Å². The molecule has 1 amide bonds. The summed E-state index contributed by atoms with van der Waals surface area (Å²) in [7, 11) is 3.00. The Balaban J connectivity index is 1.74. The van der Waals surface area contributed by atoms with E-state index in [2.05, 4.69) is 26.5 Å². The molecule has 0 saturated heterocycles. The Kier molecular flexibility index (Phi) is 7.86. The van der Waals surface area contributed by atoms with Gasteiger partial charge in [0.25, 0.3) is 5.91 Å². The zero-order valence-electron chi connectivity index (χ0n) is 17.1. The zero-order valence-corrected chi connectivity index (χ0v) is 19.4. The Bertz CT molecular complexity index is 1170. The first kappa shape index (κ1) is 23.3. The van der Waals surface area contributed by atoms with E-state index in [0.717, 1.165) is 4.47 Å². The van der Waals surface area contributed by atoms with Crippen molar-refractivity contribution in [2.75, 3.05) is 14.2 Å². The van der Waals surface area contributed by atoms with E-state index in [1.54, 1.807) is 60.7 Å². The number of nitrogens with zero attached hydrogens (tertiary/aromatic N) is 1. The molecule has 0 aromatic heterocycles. The highest BCUT2D eigenvalue weighted by molar-refractivity contribution is 9.10. The largest absolute Gasteiger partial charge is 0.493 e. The van der Waals surface area contributed by atoms with Gasteiger partial charge >= 0.3 is 5.97 Å². The number of ether oxygens (including phenoxy) is 3. The van der Waals surface area contributed by atoms with E-state index >= 15 is 0 Å². The number of halogens is 2. The second-order valence-electron chi connectivity index (χ2n) is 6.35. The smallest absolute Gasteiger partial charge is 0.343 e. The van der Waals surface area contributed by atoms with Crippen LogP contribution in [0.25, 0.3) is 0 Å². The van der Waals surface area contributed by atoms with Crippen molar-refractivity contribution in [2.24, 2.45) is 5.10 Å². The van der Waals surface area contributed by atoms with Gasteiger partial charge in [-0.05, 0) is 60.7 Å². The van der Waals surface area contributed by atoms with E-state index in [1.165, 1.54) is 20.4 Å². The van der Waals surface area contributed by atoms with Crippen LogP contribution in [0.4, 0.5) is 0 Å². The highest BCUT2D eigenvalue weighted by Gasteiger charge is 2.13. The normalized spacial score (nSPS) is 10.6. The van der Waals surface area contributed by atoms with Gasteiger partial charge in [0.1, 0.15) is 5.75 Å². The predicted octanol–water partition coefficient (Wildman–Crippen LogP) is 5.10. The zero-order chi connectivity index (χ0) is 23.1. The molecular formula is C23H18BrClN2O5.